The predicted molar refractivity (Wildman–Crippen MR) is 42.8 cm³/mol. The predicted octanol–water partition coefficient (Wildman–Crippen LogP) is 1.77. The van der Waals surface area contributed by atoms with Crippen molar-refractivity contribution in [2.24, 2.45) is 11.3 Å². The highest BCUT2D eigenvalue weighted by molar-refractivity contribution is 5.66. The summed E-state index contributed by atoms with van der Waals surface area (Å²) in [5.74, 6) is 6.93. The van der Waals surface area contributed by atoms with E-state index in [9.17, 15) is 4.79 Å². The van der Waals surface area contributed by atoms with E-state index in [1.54, 1.807) is 0 Å². The van der Waals surface area contributed by atoms with Crippen LogP contribution in [0.5, 0.6) is 0 Å². The molecular weight excluding hydrogens is 136 g/mol. The highest BCUT2D eigenvalue weighted by atomic mass is 16.1. The molecule has 58 valence electrons. The monoisotopic (exact) mass is 148 g/mol. The molecule has 2 fully saturated rings. The van der Waals surface area contributed by atoms with Crippen LogP contribution in [0.25, 0.3) is 0 Å². The van der Waals surface area contributed by atoms with Gasteiger partial charge in [-0.15, -0.1) is 0 Å². The van der Waals surface area contributed by atoms with Crippen molar-refractivity contribution in [1.82, 2.24) is 0 Å². The summed E-state index contributed by atoms with van der Waals surface area (Å²) in [5, 5.41) is 0. The Hall–Kier alpha value is -0.770. The first-order valence-electron chi connectivity index (χ1n) is 4.34. The zero-order chi connectivity index (χ0) is 7.73. The van der Waals surface area contributed by atoms with Gasteiger partial charge in [0, 0.05) is 5.92 Å². The molecule has 0 amide bonds. The van der Waals surface area contributed by atoms with E-state index in [1.807, 2.05) is 0 Å². The molecule has 0 bridgehead atoms. The largest absolute Gasteiger partial charge is 0.302 e. The Bertz CT molecular complexity index is 223. The van der Waals surface area contributed by atoms with Gasteiger partial charge in [-0.05, 0) is 32.1 Å². The normalized spacial score (nSPS) is 26.2. The molecule has 1 heteroatoms. The summed E-state index contributed by atoms with van der Waals surface area (Å²) < 4.78 is 0. The molecular formula is C10H12O. The van der Waals surface area contributed by atoms with E-state index < -0.39 is 0 Å². The summed E-state index contributed by atoms with van der Waals surface area (Å²) in [6.45, 7) is 0. The van der Waals surface area contributed by atoms with Crippen molar-refractivity contribution in [3.05, 3.63) is 0 Å². The van der Waals surface area contributed by atoms with Gasteiger partial charge in [0.05, 0.1) is 5.41 Å². The molecule has 0 unspecified atom stereocenters. The van der Waals surface area contributed by atoms with Gasteiger partial charge in [0.2, 0.25) is 0 Å². The van der Waals surface area contributed by atoms with Crippen molar-refractivity contribution in [2.75, 3.05) is 0 Å². The second-order valence-electron chi connectivity index (χ2n) is 3.67. The maximum absolute atomic E-state index is 10.6. The maximum atomic E-state index is 10.6. The van der Waals surface area contributed by atoms with Crippen LogP contribution >= 0.6 is 0 Å². The molecule has 0 saturated heterocycles. The summed E-state index contributed by atoms with van der Waals surface area (Å²) >= 11 is 0. The molecule has 0 aromatic heterocycles. The zero-order valence-electron chi connectivity index (χ0n) is 6.60. The Balaban J connectivity index is 2.01. The number of aldehydes is 1. The van der Waals surface area contributed by atoms with E-state index in [0.29, 0.717) is 5.92 Å². The number of carbonyl (C=O) groups excluding carboxylic acids is 1. The third kappa shape index (κ3) is 1.30. The lowest BCUT2D eigenvalue weighted by Crippen LogP contribution is -2.28. The van der Waals surface area contributed by atoms with Gasteiger partial charge in [-0.25, -0.2) is 0 Å². The molecule has 2 saturated carbocycles. The van der Waals surface area contributed by atoms with Crippen LogP contribution in [0.15, 0.2) is 0 Å². The van der Waals surface area contributed by atoms with Gasteiger partial charge in [0.25, 0.3) is 0 Å². The average molecular weight is 148 g/mol. The van der Waals surface area contributed by atoms with E-state index in [2.05, 4.69) is 11.8 Å². The van der Waals surface area contributed by atoms with Crippen LogP contribution in [-0.4, -0.2) is 6.29 Å². The molecule has 2 aliphatic carbocycles. The molecule has 2 rings (SSSR count). The van der Waals surface area contributed by atoms with E-state index in [1.165, 1.54) is 19.3 Å². The fourth-order valence-electron chi connectivity index (χ4n) is 1.30. The van der Waals surface area contributed by atoms with Crippen LogP contribution in [-0.2, 0) is 4.79 Å². The molecule has 11 heavy (non-hydrogen) atoms. The van der Waals surface area contributed by atoms with Crippen molar-refractivity contribution in [3.63, 3.8) is 0 Å². The summed E-state index contributed by atoms with van der Waals surface area (Å²) in [7, 11) is 0. The molecule has 0 atom stereocenters. The van der Waals surface area contributed by atoms with Crippen LogP contribution in [0, 0.1) is 23.2 Å². The van der Waals surface area contributed by atoms with Gasteiger partial charge in [-0.2, -0.15) is 0 Å². The third-order valence-corrected chi connectivity index (χ3v) is 2.57. The molecule has 0 radical (unpaired) electrons. The van der Waals surface area contributed by atoms with Gasteiger partial charge in [-0.3, -0.25) is 0 Å². The average Bonchev–Trinajstić information content (AvgIpc) is 2.70. The highest BCUT2D eigenvalue weighted by Gasteiger charge is 2.35. The quantitative estimate of drug-likeness (QED) is 0.409. The molecule has 0 spiro atoms. The van der Waals surface area contributed by atoms with Gasteiger partial charge in [-0.1, -0.05) is 11.8 Å². The first-order chi connectivity index (χ1) is 5.35. The van der Waals surface area contributed by atoms with E-state index in [4.69, 9.17) is 0 Å². The minimum atomic E-state index is -0.206. The zero-order valence-corrected chi connectivity index (χ0v) is 6.60. The van der Waals surface area contributed by atoms with Crippen LogP contribution in [0.2, 0.25) is 0 Å². The Morgan fingerprint density at radius 1 is 1.36 bits per heavy atom. The first kappa shape index (κ1) is 6.91. The number of hydrogen-bond donors (Lipinski definition) is 0. The Labute approximate surface area is 67.2 Å². The highest BCUT2D eigenvalue weighted by Crippen LogP contribution is 2.39. The number of carbonyl (C=O) groups is 1. The van der Waals surface area contributed by atoms with Crippen LogP contribution in [0.1, 0.15) is 32.1 Å². The van der Waals surface area contributed by atoms with Crippen LogP contribution < -0.4 is 0 Å². The fraction of sp³-hybridized carbons (Fsp3) is 0.700. The molecule has 0 N–H and O–H groups in total. The molecule has 0 aliphatic heterocycles. The van der Waals surface area contributed by atoms with Gasteiger partial charge < -0.3 is 4.79 Å². The fourth-order valence-corrected chi connectivity index (χ4v) is 1.30. The minimum absolute atomic E-state index is 0.206. The third-order valence-electron chi connectivity index (χ3n) is 2.57. The topological polar surface area (TPSA) is 17.1 Å². The van der Waals surface area contributed by atoms with Gasteiger partial charge in [0.1, 0.15) is 6.29 Å². The molecule has 1 nitrogen and oxygen atoms in total. The number of hydrogen-bond acceptors (Lipinski definition) is 1. The molecule has 0 aromatic carbocycles. The molecule has 0 heterocycles. The minimum Gasteiger partial charge on any atom is -0.302 e. The first-order valence-corrected chi connectivity index (χ1v) is 4.34. The molecule has 2 aliphatic rings. The van der Waals surface area contributed by atoms with E-state index >= 15 is 0 Å². The lowest BCUT2D eigenvalue weighted by molar-refractivity contribution is -0.116. The number of rotatable bonds is 1. The van der Waals surface area contributed by atoms with Crippen molar-refractivity contribution < 1.29 is 4.79 Å². The summed E-state index contributed by atoms with van der Waals surface area (Å²) in [4.78, 5) is 10.6. The lowest BCUT2D eigenvalue weighted by Gasteiger charge is -2.30. The van der Waals surface area contributed by atoms with Crippen molar-refractivity contribution in [3.8, 4) is 11.8 Å². The van der Waals surface area contributed by atoms with Crippen molar-refractivity contribution >= 4 is 6.29 Å². The Morgan fingerprint density at radius 3 is 2.45 bits per heavy atom. The van der Waals surface area contributed by atoms with E-state index in [-0.39, 0.29) is 5.41 Å². The van der Waals surface area contributed by atoms with Crippen molar-refractivity contribution in [1.29, 1.82) is 0 Å². The van der Waals surface area contributed by atoms with Gasteiger partial charge >= 0.3 is 0 Å². The maximum Gasteiger partial charge on any atom is 0.138 e. The van der Waals surface area contributed by atoms with Crippen LogP contribution in [0.4, 0.5) is 0 Å². The Kier molecular flexibility index (Phi) is 1.49. The van der Waals surface area contributed by atoms with E-state index in [0.717, 1.165) is 19.1 Å². The lowest BCUT2D eigenvalue weighted by atomic mass is 9.70. The summed E-state index contributed by atoms with van der Waals surface area (Å²) in [6.07, 6.45) is 6.72. The van der Waals surface area contributed by atoms with Crippen molar-refractivity contribution in [2.45, 2.75) is 32.1 Å². The summed E-state index contributed by atoms with van der Waals surface area (Å²) in [5.41, 5.74) is -0.206. The molecule has 0 aromatic rings. The second kappa shape index (κ2) is 2.37. The summed E-state index contributed by atoms with van der Waals surface area (Å²) in [6, 6.07) is 0. The smallest absolute Gasteiger partial charge is 0.138 e. The van der Waals surface area contributed by atoms with Crippen LogP contribution in [0.3, 0.4) is 0 Å². The Morgan fingerprint density at radius 2 is 2.09 bits per heavy atom. The SMILES string of the molecule is O=CC1(C#CC2CC2)CCC1. The second-order valence-corrected chi connectivity index (χ2v) is 3.67. The van der Waals surface area contributed by atoms with Gasteiger partial charge in [0.15, 0.2) is 0 Å². The standard InChI is InChI=1S/C10H12O/c11-8-10(5-1-6-10)7-4-9-2-3-9/h8-9H,1-3,5-6H2.